The normalized spacial score (nSPS) is 11.5. The van der Waals surface area contributed by atoms with Crippen molar-refractivity contribution in [3.8, 4) is 0 Å². The summed E-state index contributed by atoms with van der Waals surface area (Å²) in [5.74, 6) is 0.180. The van der Waals surface area contributed by atoms with Crippen LogP contribution < -0.4 is 5.32 Å². The Balaban J connectivity index is 4.36. The molecule has 0 fully saturated rings. The van der Waals surface area contributed by atoms with Gasteiger partial charge in [0.2, 0.25) is 5.91 Å². The van der Waals surface area contributed by atoms with Crippen molar-refractivity contribution in [3.63, 3.8) is 0 Å². The van der Waals surface area contributed by atoms with Crippen LogP contribution in [0.25, 0.3) is 0 Å². The Hall–Kier alpha value is -0.570. The predicted molar refractivity (Wildman–Crippen MR) is 55.7 cm³/mol. The molecule has 0 aromatic carbocycles. The summed E-state index contributed by atoms with van der Waals surface area (Å²) in [4.78, 5) is 13.8. The molecular weight excluding hydrogens is 164 g/mol. The summed E-state index contributed by atoms with van der Waals surface area (Å²) >= 11 is 0. The zero-order valence-corrected chi connectivity index (χ0v) is 9.48. The summed E-state index contributed by atoms with van der Waals surface area (Å²) < 4.78 is 0. The third kappa shape index (κ3) is 3.35. The van der Waals surface area contributed by atoms with Gasteiger partial charge in [0.05, 0.1) is 5.54 Å². The van der Waals surface area contributed by atoms with Gasteiger partial charge in [-0.2, -0.15) is 0 Å². The zero-order chi connectivity index (χ0) is 10.5. The quantitative estimate of drug-likeness (QED) is 0.700. The second-order valence-electron chi connectivity index (χ2n) is 3.76. The number of hydrogen-bond acceptors (Lipinski definition) is 2. The second-order valence-corrected chi connectivity index (χ2v) is 3.76. The van der Waals surface area contributed by atoms with E-state index >= 15 is 0 Å². The van der Waals surface area contributed by atoms with E-state index in [-0.39, 0.29) is 5.91 Å². The molecule has 0 radical (unpaired) electrons. The molecule has 0 bridgehead atoms. The van der Waals surface area contributed by atoms with Crippen LogP contribution in [0, 0.1) is 0 Å². The highest BCUT2D eigenvalue weighted by Crippen LogP contribution is 2.07. The number of carbonyl (C=O) groups is 1. The lowest BCUT2D eigenvalue weighted by atomic mass is 10.0. The summed E-state index contributed by atoms with van der Waals surface area (Å²) in [6.45, 7) is 9.56. The molecular formula is C10H22N2O. The Morgan fingerprint density at radius 3 is 2.23 bits per heavy atom. The first-order chi connectivity index (χ1) is 5.99. The van der Waals surface area contributed by atoms with Crippen molar-refractivity contribution in [2.75, 3.05) is 20.1 Å². The van der Waals surface area contributed by atoms with Crippen LogP contribution in [0.3, 0.4) is 0 Å². The molecule has 1 N–H and O–H groups in total. The van der Waals surface area contributed by atoms with Crippen LogP contribution in [-0.2, 0) is 4.79 Å². The molecule has 0 aliphatic rings. The molecule has 0 heterocycles. The first kappa shape index (κ1) is 12.4. The number of carbonyl (C=O) groups excluding carboxylic acids is 1. The van der Waals surface area contributed by atoms with Gasteiger partial charge in [-0.25, -0.2) is 0 Å². The van der Waals surface area contributed by atoms with Gasteiger partial charge in [0, 0.05) is 13.1 Å². The predicted octanol–water partition coefficient (Wildman–Crippen LogP) is 1.24. The van der Waals surface area contributed by atoms with Crippen LogP contribution in [0.4, 0.5) is 0 Å². The molecule has 0 saturated heterocycles. The number of nitrogens with one attached hydrogen (secondary N) is 1. The van der Waals surface area contributed by atoms with Crippen LogP contribution in [-0.4, -0.2) is 36.5 Å². The summed E-state index contributed by atoms with van der Waals surface area (Å²) in [6.07, 6.45) is 1.01. The molecule has 3 heteroatoms. The molecule has 0 aromatic rings. The summed E-state index contributed by atoms with van der Waals surface area (Å²) in [5.41, 5.74) is -0.439. The van der Waals surface area contributed by atoms with E-state index in [4.69, 9.17) is 0 Å². The lowest BCUT2D eigenvalue weighted by Crippen LogP contribution is -2.52. The van der Waals surface area contributed by atoms with Gasteiger partial charge in [-0.1, -0.05) is 6.92 Å². The Kier molecular flexibility index (Phi) is 4.99. The smallest absolute Gasteiger partial charge is 0.242 e. The average Bonchev–Trinajstić information content (AvgIpc) is 2.13. The summed E-state index contributed by atoms with van der Waals surface area (Å²) in [7, 11) is 1.82. The van der Waals surface area contributed by atoms with Crippen molar-refractivity contribution in [1.29, 1.82) is 0 Å². The zero-order valence-electron chi connectivity index (χ0n) is 9.48. The Bertz CT molecular complexity index is 166. The van der Waals surface area contributed by atoms with E-state index in [2.05, 4.69) is 12.2 Å². The minimum atomic E-state index is -0.439. The molecule has 0 aliphatic heterocycles. The molecule has 0 unspecified atom stereocenters. The monoisotopic (exact) mass is 186 g/mol. The maximum absolute atomic E-state index is 11.9. The number of rotatable bonds is 5. The fourth-order valence-electron chi connectivity index (χ4n) is 1.18. The molecule has 0 rings (SSSR count). The fourth-order valence-corrected chi connectivity index (χ4v) is 1.18. The van der Waals surface area contributed by atoms with Crippen molar-refractivity contribution in [2.24, 2.45) is 0 Å². The lowest BCUT2D eigenvalue weighted by Gasteiger charge is -2.30. The van der Waals surface area contributed by atoms with Gasteiger partial charge >= 0.3 is 0 Å². The van der Waals surface area contributed by atoms with Crippen LogP contribution >= 0.6 is 0 Å². The standard InChI is InChI=1S/C10H22N2O/c1-6-8-12(7-2)9(13)10(3,4)11-5/h11H,6-8H2,1-5H3. The lowest BCUT2D eigenvalue weighted by molar-refractivity contribution is -0.136. The highest BCUT2D eigenvalue weighted by molar-refractivity contribution is 5.85. The molecule has 13 heavy (non-hydrogen) atoms. The van der Waals surface area contributed by atoms with Gasteiger partial charge in [-0.3, -0.25) is 4.79 Å². The molecule has 78 valence electrons. The van der Waals surface area contributed by atoms with E-state index in [9.17, 15) is 4.79 Å². The van der Waals surface area contributed by atoms with E-state index in [0.717, 1.165) is 19.5 Å². The summed E-state index contributed by atoms with van der Waals surface area (Å²) in [6, 6.07) is 0. The maximum atomic E-state index is 11.9. The largest absolute Gasteiger partial charge is 0.341 e. The van der Waals surface area contributed by atoms with E-state index in [1.54, 1.807) is 0 Å². The van der Waals surface area contributed by atoms with Gasteiger partial charge < -0.3 is 10.2 Å². The van der Waals surface area contributed by atoms with Gasteiger partial charge in [0.1, 0.15) is 0 Å². The Morgan fingerprint density at radius 1 is 1.38 bits per heavy atom. The molecule has 0 aliphatic carbocycles. The average molecular weight is 186 g/mol. The third-order valence-corrected chi connectivity index (χ3v) is 2.32. The van der Waals surface area contributed by atoms with Crippen molar-refractivity contribution >= 4 is 5.91 Å². The number of hydrogen-bond donors (Lipinski definition) is 1. The third-order valence-electron chi connectivity index (χ3n) is 2.32. The van der Waals surface area contributed by atoms with E-state index < -0.39 is 5.54 Å². The van der Waals surface area contributed by atoms with Gasteiger partial charge in [-0.15, -0.1) is 0 Å². The molecule has 0 spiro atoms. The number of nitrogens with zero attached hydrogens (tertiary/aromatic N) is 1. The van der Waals surface area contributed by atoms with Gasteiger partial charge in [0.25, 0.3) is 0 Å². The minimum absolute atomic E-state index is 0.180. The highest BCUT2D eigenvalue weighted by atomic mass is 16.2. The highest BCUT2D eigenvalue weighted by Gasteiger charge is 2.28. The topological polar surface area (TPSA) is 32.3 Å². The van der Waals surface area contributed by atoms with Crippen LogP contribution in [0.5, 0.6) is 0 Å². The Labute approximate surface area is 81.5 Å². The van der Waals surface area contributed by atoms with Crippen molar-refractivity contribution in [1.82, 2.24) is 10.2 Å². The van der Waals surface area contributed by atoms with E-state index in [0.29, 0.717) is 0 Å². The molecule has 3 nitrogen and oxygen atoms in total. The molecule has 0 aromatic heterocycles. The van der Waals surface area contributed by atoms with E-state index in [1.807, 2.05) is 32.7 Å². The van der Waals surface area contributed by atoms with Gasteiger partial charge in [-0.05, 0) is 34.2 Å². The maximum Gasteiger partial charge on any atom is 0.242 e. The Morgan fingerprint density at radius 2 is 1.92 bits per heavy atom. The molecule has 0 saturated carbocycles. The van der Waals surface area contributed by atoms with Crippen molar-refractivity contribution in [2.45, 2.75) is 39.7 Å². The summed E-state index contributed by atoms with van der Waals surface area (Å²) in [5, 5.41) is 3.02. The fraction of sp³-hybridized carbons (Fsp3) is 0.900. The van der Waals surface area contributed by atoms with Gasteiger partial charge in [0.15, 0.2) is 0 Å². The first-order valence-electron chi connectivity index (χ1n) is 4.97. The van der Waals surface area contributed by atoms with Crippen molar-refractivity contribution in [3.05, 3.63) is 0 Å². The minimum Gasteiger partial charge on any atom is -0.341 e. The molecule has 1 amide bonds. The molecule has 0 atom stereocenters. The second kappa shape index (κ2) is 5.22. The number of likely N-dealkylation sites (N-methyl/N-ethyl adjacent to an activating group) is 2. The van der Waals surface area contributed by atoms with Crippen molar-refractivity contribution < 1.29 is 4.79 Å². The van der Waals surface area contributed by atoms with E-state index in [1.165, 1.54) is 0 Å². The number of amides is 1. The van der Waals surface area contributed by atoms with Crippen LogP contribution in [0.15, 0.2) is 0 Å². The first-order valence-corrected chi connectivity index (χ1v) is 4.97. The van der Waals surface area contributed by atoms with Crippen LogP contribution in [0.1, 0.15) is 34.1 Å². The van der Waals surface area contributed by atoms with Crippen LogP contribution in [0.2, 0.25) is 0 Å². The SMILES string of the molecule is CCCN(CC)C(=O)C(C)(C)NC.